The number of hydrogen-bond donors (Lipinski definition) is 2. The number of amides is 1. The number of H-pyrrole nitrogens is 1. The molecule has 0 atom stereocenters. The third-order valence-electron chi connectivity index (χ3n) is 2.88. The van der Waals surface area contributed by atoms with E-state index in [1.807, 2.05) is 6.07 Å². The van der Waals surface area contributed by atoms with Gasteiger partial charge in [-0.05, 0) is 30.3 Å². The van der Waals surface area contributed by atoms with Crippen molar-refractivity contribution < 1.29 is 4.79 Å². The average Bonchev–Trinajstić information content (AvgIpc) is 2.91. The summed E-state index contributed by atoms with van der Waals surface area (Å²) in [5.74, 6) is -0.314. The molecule has 0 saturated heterocycles. The molecule has 20 heavy (non-hydrogen) atoms. The van der Waals surface area contributed by atoms with Crippen LogP contribution in [0.2, 0.25) is 10.0 Å². The Hall–Kier alpha value is -2.04. The summed E-state index contributed by atoms with van der Waals surface area (Å²) in [7, 11) is 0. The topological polar surface area (TPSA) is 57.8 Å². The summed E-state index contributed by atoms with van der Waals surface area (Å²) < 4.78 is 0. The molecule has 3 aromatic rings. The van der Waals surface area contributed by atoms with E-state index in [1.165, 1.54) is 6.07 Å². The maximum atomic E-state index is 12.3. The lowest BCUT2D eigenvalue weighted by molar-refractivity contribution is 0.102. The summed E-state index contributed by atoms with van der Waals surface area (Å²) in [6.07, 6.45) is 3.38. The van der Waals surface area contributed by atoms with Gasteiger partial charge in [0.15, 0.2) is 0 Å². The SMILES string of the molecule is O=C(Nc1ccnc2[nH]ccc12)c1cc(Cl)ccc1Cl. The van der Waals surface area contributed by atoms with Crippen molar-refractivity contribution in [3.05, 3.63) is 58.3 Å². The molecule has 0 bridgehead atoms. The Labute approximate surface area is 124 Å². The van der Waals surface area contributed by atoms with Crippen LogP contribution in [0, 0.1) is 0 Å². The van der Waals surface area contributed by atoms with Gasteiger partial charge in [0.25, 0.3) is 5.91 Å². The zero-order valence-corrected chi connectivity index (χ0v) is 11.7. The average molecular weight is 306 g/mol. The molecule has 3 rings (SSSR count). The number of halogens is 2. The van der Waals surface area contributed by atoms with Gasteiger partial charge in [-0.25, -0.2) is 4.98 Å². The smallest absolute Gasteiger partial charge is 0.257 e. The van der Waals surface area contributed by atoms with Gasteiger partial charge in [0.1, 0.15) is 5.65 Å². The molecule has 1 amide bonds. The molecule has 1 aromatic carbocycles. The summed E-state index contributed by atoms with van der Waals surface area (Å²) in [4.78, 5) is 19.4. The quantitative estimate of drug-likeness (QED) is 0.748. The lowest BCUT2D eigenvalue weighted by Crippen LogP contribution is -2.12. The zero-order valence-electron chi connectivity index (χ0n) is 10.2. The van der Waals surface area contributed by atoms with Crippen LogP contribution in [-0.2, 0) is 0 Å². The second kappa shape index (κ2) is 5.15. The summed E-state index contributed by atoms with van der Waals surface area (Å²) in [5.41, 5.74) is 1.71. The zero-order chi connectivity index (χ0) is 14.1. The maximum absolute atomic E-state index is 12.3. The van der Waals surface area contributed by atoms with Crippen LogP contribution in [0.3, 0.4) is 0 Å². The van der Waals surface area contributed by atoms with Gasteiger partial charge in [0, 0.05) is 22.8 Å². The predicted octanol–water partition coefficient (Wildman–Crippen LogP) is 4.12. The minimum Gasteiger partial charge on any atom is -0.346 e. The van der Waals surface area contributed by atoms with Gasteiger partial charge in [-0.15, -0.1) is 0 Å². The van der Waals surface area contributed by atoms with E-state index in [1.54, 1.807) is 30.6 Å². The van der Waals surface area contributed by atoms with Crippen molar-refractivity contribution in [3.63, 3.8) is 0 Å². The molecule has 2 heterocycles. The van der Waals surface area contributed by atoms with Crippen molar-refractivity contribution in [2.24, 2.45) is 0 Å². The fraction of sp³-hybridized carbons (Fsp3) is 0. The van der Waals surface area contributed by atoms with Crippen molar-refractivity contribution in [1.29, 1.82) is 0 Å². The highest BCUT2D eigenvalue weighted by atomic mass is 35.5. The fourth-order valence-corrected chi connectivity index (χ4v) is 2.31. The Morgan fingerprint density at radius 3 is 2.90 bits per heavy atom. The number of aromatic amines is 1. The molecule has 0 fully saturated rings. The molecule has 0 aliphatic carbocycles. The maximum Gasteiger partial charge on any atom is 0.257 e. The Balaban J connectivity index is 1.96. The molecule has 2 aromatic heterocycles. The van der Waals surface area contributed by atoms with Crippen molar-refractivity contribution in [2.75, 3.05) is 5.32 Å². The minimum absolute atomic E-state index is 0.314. The van der Waals surface area contributed by atoms with Gasteiger partial charge < -0.3 is 10.3 Å². The first-order valence-corrected chi connectivity index (χ1v) is 6.59. The summed E-state index contributed by atoms with van der Waals surface area (Å²) in [5, 5.41) is 4.46. The third kappa shape index (κ3) is 2.35. The molecule has 4 nitrogen and oxygen atoms in total. The predicted molar refractivity (Wildman–Crippen MR) is 80.5 cm³/mol. The van der Waals surface area contributed by atoms with Crippen LogP contribution >= 0.6 is 23.2 Å². The standard InChI is InChI=1S/C14H9Cl2N3O/c15-8-1-2-11(16)10(7-8)14(20)19-12-4-6-18-13-9(12)3-5-17-13/h1-7H,(H2,17,18,19,20). The van der Waals surface area contributed by atoms with Gasteiger partial charge in [-0.1, -0.05) is 23.2 Å². The number of carbonyl (C=O) groups is 1. The Morgan fingerprint density at radius 1 is 1.20 bits per heavy atom. The molecule has 100 valence electrons. The number of nitrogens with zero attached hydrogens (tertiary/aromatic N) is 1. The normalized spacial score (nSPS) is 10.7. The van der Waals surface area contributed by atoms with E-state index in [2.05, 4.69) is 15.3 Å². The van der Waals surface area contributed by atoms with Gasteiger partial charge >= 0.3 is 0 Å². The molecule has 0 aliphatic rings. The Bertz CT molecular complexity index is 798. The number of nitrogens with one attached hydrogen (secondary N) is 2. The first-order chi connectivity index (χ1) is 9.65. The number of aromatic nitrogens is 2. The highest BCUT2D eigenvalue weighted by molar-refractivity contribution is 6.36. The van der Waals surface area contributed by atoms with Crippen LogP contribution in [0.25, 0.3) is 11.0 Å². The van der Waals surface area contributed by atoms with Gasteiger partial charge in [0.2, 0.25) is 0 Å². The van der Waals surface area contributed by atoms with Crippen molar-refractivity contribution in [1.82, 2.24) is 9.97 Å². The number of hydrogen-bond acceptors (Lipinski definition) is 2. The van der Waals surface area contributed by atoms with Gasteiger partial charge in [-0.2, -0.15) is 0 Å². The number of benzene rings is 1. The molecular formula is C14H9Cl2N3O. The minimum atomic E-state index is -0.314. The molecule has 0 spiro atoms. The summed E-state index contributed by atoms with van der Waals surface area (Å²) in [6.45, 7) is 0. The van der Waals surface area contributed by atoms with E-state index < -0.39 is 0 Å². The van der Waals surface area contributed by atoms with Crippen LogP contribution in [0.5, 0.6) is 0 Å². The van der Waals surface area contributed by atoms with E-state index in [9.17, 15) is 4.79 Å². The fourth-order valence-electron chi connectivity index (χ4n) is 1.93. The molecule has 0 radical (unpaired) electrons. The van der Waals surface area contributed by atoms with Crippen LogP contribution in [0.15, 0.2) is 42.7 Å². The molecule has 0 unspecified atom stereocenters. The lowest BCUT2D eigenvalue weighted by Gasteiger charge is -2.08. The molecular weight excluding hydrogens is 297 g/mol. The number of fused-ring (bicyclic) bond motifs is 1. The number of rotatable bonds is 2. The van der Waals surface area contributed by atoms with Crippen LogP contribution in [0.1, 0.15) is 10.4 Å². The van der Waals surface area contributed by atoms with Gasteiger partial charge in [-0.3, -0.25) is 4.79 Å². The molecule has 0 saturated carbocycles. The summed E-state index contributed by atoms with van der Waals surface area (Å²) in [6, 6.07) is 8.34. The second-order valence-electron chi connectivity index (χ2n) is 4.18. The summed E-state index contributed by atoms with van der Waals surface area (Å²) >= 11 is 11.9. The van der Waals surface area contributed by atoms with E-state index in [0.717, 1.165) is 5.39 Å². The molecule has 2 N–H and O–H groups in total. The monoisotopic (exact) mass is 305 g/mol. The molecule has 0 aliphatic heterocycles. The largest absolute Gasteiger partial charge is 0.346 e. The van der Waals surface area contributed by atoms with Crippen molar-refractivity contribution in [2.45, 2.75) is 0 Å². The Kier molecular flexibility index (Phi) is 3.34. The highest BCUT2D eigenvalue weighted by Crippen LogP contribution is 2.24. The highest BCUT2D eigenvalue weighted by Gasteiger charge is 2.13. The lowest BCUT2D eigenvalue weighted by atomic mass is 10.2. The number of carbonyl (C=O) groups excluding carboxylic acids is 1. The first-order valence-electron chi connectivity index (χ1n) is 5.83. The number of pyridine rings is 1. The van der Waals surface area contributed by atoms with Crippen LogP contribution in [0.4, 0.5) is 5.69 Å². The first kappa shape index (κ1) is 13.0. The third-order valence-corrected chi connectivity index (χ3v) is 3.45. The van der Waals surface area contributed by atoms with E-state index in [0.29, 0.717) is 26.9 Å². The van der Waals surface area contributed by atoms with E-state index in [-0.39, 0.29) is 5.91 Å². The van der Waals surface area contributed by atoms with Crippen molar-refractivity contribution >= 4 is 45.8 Å². The Morgan fingerprint density at radius 2 is 2.05 bits per heavy atom. The van der Waals surface area contributed by atoms with Crippen LogP contribution < -0.4 is 5.32 Å². The van der Waals surface area contributed by atoms with E-state index >= 15 is 0 Å². The van der Waals surface area contributed by atoms with E-state index in [4.69, 9.17) is 23.2 Å². The van der Waals surface area contributed by atoms with Gasteiger partial charge in [0.05, 0.1) is 16.3 Å². The van der Waals surface area contributed by atoms with Crippen molar-refractivity contribution in [3.8, 4) is 0 Å². The number of anilines is 1. The van der Waals surface area contributed by atoms with Crippen LogP contribution in [-0.4, -0.2) is 15.9 Å². The molecule has 6 heteroatoms. The second-order valence-corrected chi connectivity index (χ2v) is 5.02.